The Morgan fingerprint density at radius 3 is 2.00 bits per heavy atom. The highest BCUT2D eigenvalue weighted by Gasteiger charge is 2.52. The molecule has 1 fully saturated rings. The van der Waals surface area contributed by atoms with Gasteiger partial charge in [-0.05, 0) is 33.3 Å². The first-order valence-corrected chi connectivity index (χ1v) is 8.83. The molecule has 0 saturated carbocycles. The Morgan fingerprint density at radius 2 is 1.32 bits per heavy atom. The van der Waals surface area contributed by atoms with Gasteiger partial charge in [-0.2, -0.15) is 0 Å². The molecule has 0 bridgehead atoms. The third-order valence-electron chi connectivity index (χ3n) is 5.38. The zero-order valence-corrected chi connectivity index (χ0v) is 15.8. The van der Waals surface area contributed by atoms with Crippen molar-refractivity contribution in [3.8, 4) is 11.1 Å². The Kier molecular flexibility index (Phi) is 1.98. The molecule has 0 unspecified atom stereocenters. The van der Waals surface area contributed by atoms with E-state index < -0.39 is 90.4 Å². The van der Waals surface area contributed by atoms with Crippen molar-refractivity contribution >= 4 is 34.5 Å². The van der Waals surface area contributed by atoms with Crippen molar-refractivity contribution in [2.45, 2.75) is 38.9 Å². The van der Waals surface area contributed by atoms with Crippen LogP contribution in [-0.2, 0) is 9.31 Å². The molecule has 3 nitrogen and oxygen atoms in total. The number of fused-ring (bicyclic) bond motifs is 3. The summed E-state index contributed by atoms with van der Waals surface area (Å²) in [6.45, 7) is 7.18. The van der Waals surface area contributed by atoms with Crippen LogP contribution in [-0.4, -0.2) is 18.3 Å². The number of hydrogen-bond acceptors (Lipinski definition) is 3. The molecule has 1 saturated heterocycles. The van der Waals surface area contributed by atoms with Crippen LogP contribution >= 0.6 is 0 Å². The average Bonchev–Trinajstić information content (AvgIpc) is 3.34. The van der Waals surface area contributed by atoms with Crippen LogP contribution in [0.4, 0.5) is 0 Å². The third-order valence-corrected chi connectivity index (χ3v) is 5.38. The van der Waals surface area contributed by atoms with Gasteiger partial charge in [-0.1, -0.05) is 66.5 Å². The fourth-order valence-electron chi connectivity index (χ4n) is 3.14. The number of benzene rings is 3. The van der Waals surface area contributed by atoms with Crippen LogP contribution in [0.25, 0.3) is 33.1 Å². The number of hydrogen-bond donors (Lipinski definition) is 0. The largest absolute Gasteiger partial charge is 0.498 e. The summed E-state index contributed by atoms with van der Waals surface area (Å²) in [6, 6.07) is -6.31. The standard InChI is InChI=1S/C24H23BO3/c1-23(2)24(3,4)28-25(27-23)20-15-9-14-19-18-13-8-12-17(21(18)26-22(19)20)16-10-6-5-7-11-16/h5-15H,1-4H3/i5D,6D,7D,8D,9D,10D,11D,12D,13D,14D,15D. The molecule has 5 rings (SSSR count). The van der Waals surface area contributed by atoms with E-state index >= 15 is 0 Å². The maximum atomic E-state index is 8.64. The molecule has 4 aromatic rings. The summed E-state index contributed by atoms with van der Waals surface area (Å²) in [5.74, 6) is 0. The van der Waals surface area contributed by atoms with Gasteiger partial charge in [0, 0.05) is 21.8 Å². The Morgan fingerprint density at radius 1 is 0.714 bits per heavy atom. The summed E-state index contributed by atoms with van der Waals surface area (Å²) in [7, 11) is -1.19. The van der Waals surface area contributed by atoms with Crippen molar-refractivity contribution in [2.75, 3.05) is 0 Å². The highest BCUT2D eigenvalue weighted by atomic mass is 16.7. The Hall–Kier alpha value is -2.56. The second-order valence-electron chi connectivity index (χ2n) is 7.64. The van der Waals surface area contributed by atoms with Crippen LogP contribution in [0.3, 0.4) is 0 Å². The lowest BCUT2D eigenvalue weighted by atomic mass is 9.78. The zero-order valence-electron chi connectivity index (χ0n) is 26.8. The van der Waals surface area contributed by atoms with E-state index in [1.54, 1.807) is 27.7 Å². The van der Waals surface area contributed by atoms with E-state index in [4.69, 9.17) is 28.8 Å². The molecule has 1 aliphatic heterocycles. The van der Waals surface area contributed by atoms with E-state index in [9.17, 15) is 0 Å². The summed E-state index contributed by atoms with van der Waals surface area (Å²) < 4.78 is 111. The minimum atomic E-state index is -1.19. The first kappa shape index (κ1) is 9.30. The van der Waals surface area contributed by atoms with Crippen LogP contribution in [0.5, 0.6) is 0 Å². The van der Waals surface area contributed by atoms with Crippen LogP contribution in [0.2, 0.25) is 0 Å². The minimum Gasteiger partial charge on any atom is -0.456 e. The monoisotopic (exact) mass is 381 g/mol. The molecule has 1 aromatic heterocycles. The van der Waals surface area contributed by atoms with E-state index in [1.807, 2.05) is 0 Å². The summed E-state index contributed by atoms with van der Waals surface area (Å²) in [6.07, 6.45) is 0. The third kappa shape index (κ3) is 2.52. The summed E-state index contributed by atoms with van der Waals surface area (Å²) in [4.78, 5) is 0. The predicted octanol–water partition coefficient (Wildman–Crippen LogP) is 5.55. The van der Waals surface area contributed by atoms with E-state index in [0.717, 1.165) is 0 Å². The van der Waals surface area contributed by atoms with Gasteiger partial charge in [0.05, 0.1) is 26.3 Å². The van der Waals surface area contributed by atoms with E-state index in [2.05, 4.69) is 0 Å². The highest BCUT2D eigenvalue weighted by Crippen LogP contribution is 2.39. The zero-order chi connectivity index (χ0) is 29.1. The summed E-state index contributed by atoms with van der Waals surface area (Å²) in [5.41, 5.74) is -2.81. The van der Waals surface area contributed by atoms with Crippen molar-refractivity contribution in [1.29, 1.82) is 0 Å². The van der Waals surface area contributed by atoms with Gasteiger partial charge in [0.25, 0.3) is 0 Å². The molecule has 0 aliphatic carbocycles. The molecule has 3 aromatic carbocycles. The predicted molar refractivity (Wildman–Crippen MR) is 115 cm³/mol. The normalized spacial score (nSPS) is 23.7. The van der Waals surface area contributed by atoms with E-state index in [1.165, 1.54) is 0 Å². The van der Waals surface area contributed by atoms with Gasteiger partial charge in [-0.15, -0.1) is 0 Å². The quantitative estimate of drug-likeness (QED) is 0.427. The molecule has 0 spiro atoms. The van der Waals surface area contributed by atoms with Crippen molar-refractivity contribution in [3.63, 3.8) is 0 Å². The van der Waals surface area contributed by atoms with Crippen LogP contribution in [0, 0.1) is 0 Å². The Balaban J connectivity index is 1.99. The first-order valence-electron chi connectivity index (χ1n) is 14.3. The second-order valence-corrected chi connectivity index (χ2v) is 7.64. The summed E-state index contributed by atoms with van der Waals surface area (Å²) in [5, 5.41) is -0.244. The van der Waals surface area contributed by atoms with Crippen LogP contribution in [0.1, 0.15) is 42.8 Å². The number of para-hydroxylation sites is 2. The lowest BCUT2D eigenvalue weighted by Gasteiger charge is -2.32. The molecule has 2 heterocycles. The van der Waals surface area contributed by atoms with Gasteiger partial charge in [-0.3, -0.25) is 0 Å². The number of furan rings is 1. The highest BCUT2D eigenvalue weighted by molar-refractivity contribution is 6.65. The van der Waals surface area contributed by atoms with Crippen molar-refractivity contribution < 1.29 is 28.8 Å². The Labute approximate surface area is 180 Å². The molecule has 140 valence electrons. The van der Waals surface area contributed by atoms with Crippen LogP contribution in [0.15, 0.2) is 70.9 Å². The minimum absolute atomic E-state index is 0.0228. The SMILES string of the molecule is [2H]c1c([2H])c([2H])c(-c2c([2H])c([2H])c([2H])c3c2oc2c(B4OC(C)(C)C(C)(C)O4)c([2H])c([2H])c([2H])c23)c([2H])c1[2H]. The van der Waals surface area contributed by atoms with Gasteiger partial charge in [0.2, 0.25) is 0 Å². The molecule has 4 heteroatoms. The van der Waals surface area contributed by atoms with Gasteiger partial charge in [0.15, 0.2) is 0 Å². The first-order chi connectivity index (χ1) is 17.9. The fourth-order valence-corrected chi connectivity index (χ4v) is 3.14. The van der Waals surface area contributed by atoms with Gasteiger partial charge < -0.3 is 13.7 Å². The molecule has 0 radical (unpaired) electrons. The smallest absolute Gasteiger partial charge is 0.456 e. The Bertz CT molecular complexity index is 1700. The number of rotatable bonds is 2. The molecule has 0 atom stereocenters. The lowest BCUT2D eigenvalue weighted by molar-refractivity contribution is 0.00578. The van der Waals surface area contributed by atoms with Crippen molar-refractivity contribution in [2.24, 2.45) is 0 Å². The molecule has 1 aliphatic rings. The van der Waals surface area contributed by atoms with Gasteiger partial charge in [0.1, 0.15) is 11.2 Å². The molecular weight excluding hydrogens is 347 g/mol. The fraction of sp³-hybridized carbons (Fsp3) is 0.250. The maximum Gasteiger partial charge on any atom is 0.498 e. The maximum absolute atomic E-state index is 8.64. The molecule has 0 amide bonds. The molecular formula is C24H23BO3. The van der Waals surface area contributed by atoms with E-state index in [0.29, 0.717) is 0 Å². The van der Waals surface area contributed by atoms with Crippen LogP contribution < -0.4 is 5.46 Å². The topological polar surface area (TPSA) is 31.6 Å². The van der Waals surface area contributed by atoms with Crippen molar-refractivity contribution in [1.82, 2.24) is 0 Å². The summed E-state index contributed by atoms with van der Waals surface area (Å²) >= 11 is 0. The molecule has 0 N–H and O–H groups in total. The molecule has 28 heavy (non-hydrogen) atoms. The van der Waals surface area contributed by atoms with Gasteiger partial charge >= 0.3 is 7.12 Å². The van der Waals surface area contributed by atoms with E-state index in [-0.39, 0.29) is 33.0 Å². The average molecular weight is 381 g/mol. The van der Waals surface area contributed by atoms with Crippen molar-refractivity contribution in [3.05, 3.63) is 66.5 Å². The van der Waals surface area contributed by atoms with Gasteiger partial charge in [-0.25, -0.2) is 0 Å². The second kappa shape index (κ2) is 5.97. The lowest BCUT2D eigenvalue weighted by Crippen LogP contribution is -2.41.